The first-order valence-corrected chi connectivity index (χ1v) is 11.4. The normalized spacial score (nSPS) is 20.7. The first kappa shape index (κ1) is 20.9. The average molecular weight is 433 g/mol. The number of hydrogen-bond donors (Lipinski definition) is 0. The van der Waals surface area contributed by atoms with Crippen LogP contribution in [0, 0.1) is 11.3 Å². The van der Waals surface area contributed by atoms with Gasteiger partial charge in [-0.1, -0.05) is 26.8 Å². The predicted octanol–water partition coefficient (Wildman–Crippen LogP) is 4.47. The Kier molecular flexibility index (Phi) is 4.91. The fraction of sp³-hybridized carbons (Fsp3) is 0.462. The molecule has 2 aromatic heterocycles. The van der Waals surface area contributed by atoms with Crippen LogP contribution in [0.3, 0.4) is 0 Å². The topological polar surface area (TPSA) is 52.3 Å². The molecule has 4 heterocycles. The monoisotopic (exact) mass is 432 g/mol. The standard InChI is InChI=1S/C26H32N4O2/c1-26(2,3)16-30-23-13-12-22(27-24(23)28(4)25(30)31)21-14-19-7-6-17(21)15-29(19)18-8-10-20(32-5)11-9-18/h8-14,17,19H,6-7,15-16H2,1-5H3. The van der Waals surface area contributed by atoms with Crippen molar-refractivity contribution in [1.82, 2.24) is 14.1 Å². The molecular formula is C26H32N4O2. The van der Waals surface area contributed by atoms with E-state index in [9.17, 15) is 4.79 Å². The Bertz CT molecular complexity index is 1240. The molecule has 6 heteroatoms. The van der Waals surface area contributed by atoms with Crippen LogP contribution in [0.2, 0.25) is 0 Å². The minimum Gasteiger partial charge on any atom is -0.497 e. The number of nitrogens with zero attached hydrogens (tertiary/aromatic N) is 4. The minimum atomic E-state index is 0.00407. The van der Waals surface area contributed by atoms with E-state index in [1.54, 1.807) is 11.7 Å². The van der Waals surface area contributed by atoms with Crippen molar-refractivity contribution in [3.63, 3.8) is 0 Å². The molecule has 0 saturated carbocycles. The van der Waals surface area contributed by atoms with E-state index in [4.69, 9.17) is 9.72 Å². The quantitative estimate of drug-likeness (QED) is 0.610. The van der Waals surface area contributed by atoms with E-state index in [0.717, 1.165) is 35.6 Å². The van der Waals surface area contributed by atoms with Gasteiger partial charge in [-0.15, -0.1) is 0 Å². The lowest BCUT2D eigenvalue weighted by atomic mass is 9.78. The van der Waals surface area contributed by atoms with Gasteiger partial charge >= 0.3 is 5.69 Å². The summed E-state index contributed by atoms with van der Waals surface area (Å²) < 4.78 is 8.86. The lowest BCUT2D eigenvalue weighted by Gasteiger charge is -2.45. The van der Waals surface area contributed by atoms with Crippen molar-refractivity contribution in [3.8, 4) is 5.75 Å². The molecule has 168 valence electrons. The Hall–Kier alpha value is -3.02. The molecular weight excluding hydrogens is 400 g/mol. The molecule has 0 spiro atoms. The Morgan fingerprint density at radius 1 is 1.09 bits per heavy atom. The van der Waals surface area contributed by atoms with Gasteiger partial charge in [0, 0.05) is 37.8 Å². The summed E-state index contributed by atoms with van der Waals surface area (Å²) in [5.41, 5.74) is 5.27. The number of anilines is 1. The minimum absolute atomic E-state index is 0.00407. The number of aryl methyl sites for hydroxylation is 1. The van der Waals surface area contributed by atoms with E-state index in [-0.39, 0.29) is 11.1 Å². The summed E-state index contributed by atoms with van der Waals surface area (Å²) in [7, 11) is 3.53. The molecule has 2 bridgehead atoms. The van der Waals surface area contributed by atoms with Gasteiger partial charge in [0.15, 0.2) is 5.65 Å². The van der Waals surface area contributed by atoms with Crippen LogP contribution in [-0.2, 0) is 13.6 Å². The second-order valence-electron chi connectivity index (χ2n) is 10.3. The first-order chi connectivity index (χ1) is 15.2. The van der Waals surface area contributed by atoms with Gasteiger partial charge in [-0.25, -0.2) is 9.78 Å². The van der Waals surface area contributed by atoms with Crippen molar-refractivity contribution in [2.24, 2.45) is 18.4 Å². The number of piperidine rings is 1. The van der Waals surface area contributed by atoms with Gasteiger partial charge < -0.3 is 9.64 Å². The highest BCUT2D eigenvalue weighted by atomic mass is 16.5. The van der Waals surface area contributed by atoms with E-state index in [1.165, 1.54) is 17.7 Å². The lowest BCUT2D eigenvalue weighted by molar-refractivity contribution is 0.342. The Labute approximate surface area is 189 Å². The number of methoxy groups -OCH3 is 1. The summed E-state index contributed by atoms with van der Waals surface area (Å²) >= 11 is 0. The lowest BCUT2D eigenvalue weighted by Crippen LogP contribution is -2.46. The van der Waals surface area contributed by atoms with Crippen LogP contribution >= 0.6 is 0 Å². The number of rotatable bonds is 4. The maximum Gasteiger partial charge on any atom is 0.330 e. The van der Waals surface area contributed by atoms with Gasteiger partial charge in [-0.2, -0.15) is 0 Å². The van der Waals surface area contributed by atoms with Crippen molar-refractivity contribution in [2.45, 2.75) is 46.2 Å². The second kappa shape index (κ2) is 7.54. The molecule has 6 nitrogen and oxygen atoms in total. The van der Waals surface area contributed by atoms with E-state index < -0.39 is 0 Å². The van der Waals surface area contributed by atoms with Crippen molar-refractivity contribution in [2.75, 3.05) is 18.6 Å². The molecule has 32 heavy (non-hydrogen) atoms. The van der Waals surface area contributed by atoms with E-state index in [0.29, 0.717) is 18.5 Å². The molecule has 3 aromatic rings. The fourth-order valence-electron chi connectivity index (χ4n) is 5.19. The predicted molar refractivity (Wildman–Crippen MR) is 129 cm³/mol. The van der Waals surface area contributed by atoms with Gasteiger partial charge in [0.1, 0.15) is 5.75 Å². The van der Waals surface area contributed by atoms with Crippen LogP contribution in [0.25, 0.3) is 16.7 Å². The van der Waals surface area contributed by atoms with Crippen LogP contribution in [0.1, 0.15) is 39.3 Å². The summed E-state index contributed by atoms with van der Waals surface area (Å²) in [6.45, 7) is 8.12. The molecule has 1 aromatic carbocycles. The zero-order valence-corrected chi connectivity index (χ0v) is 19.6. The number of fused-ring (bicyclic) bond motifs is 3. The number of hydrogen-bond acceptors (Lipinski definition) is 4. The fourth-order valence-corrected chi connectivity index (χ4v) is 5.19. The highest BCUT2D eigenvalue weighted by Gasteiger charge is 2.36. The highest BCUT2D eigenvalue weighted by Crippen LogP contribution is 2.41. The van der Waals surface area contributed by atoms with Gasteiger partial charge in [0.05, 0.1) is 18.3 Å². The summed E-state index contributed by atoms with van der Waals surface area (Å²) in [4.78, 5) is 20.4. The van der Waals surface area contributed by atoms with Crippen molar-refractivity contribution < 1.29 is 4.74 Å². The summed E-state index contributed by atoms with van der Waals surface area (Å²) in [6.07, 6.45) is 4.72. The third-order valence-electron chi connectivity index (χ3n) is 6.75. The van der Waals surface area contributed by atoms with Gasteiger partial charge in [0.2, 0.25) is 0 Å². The number of imidazole rings is 1. The summed E-state index contributed by atoms with van der Waals surface area (Å²) in [5.74, 6) is 1.33. The van der Waals surface area contributed by atoms with Gasteiger partial charge in [0.25, 0.3) is 0 Å². The van der Waals surface area contributed by atoms with Crippen molar-refractivity contribution >= 4 is 22.4 Å². The van der Waals surface area contributed by atoms with E-state index >= 15 is 0 Å². The molecule has 1 saturated heterocycles. The Balaban J connectivity index is 1.49. The van der Waals surface area contributed by atoms with Crippen molar-refractivity contribution in [1.29, 1.82) is 0 Å². The molecule has 0 N–H and O–H groups in total. The zero-order chi connectivity index (χ0) is 22.6. The van der Waals surface area contributed by atoms with Gasteiger partial charge in [-0.05, 0) is 60.2 Å². The molecule has 6 rings (SSSR count). The molecule has 0 radical (unpaired) electrons. The zero-order valence-electron chi connectivity index (χ0n) is 19.6. The van der Waals surface area contributed by atoms with Crippen LogP contribution in [0.4, 0.5) is 5.69 Å². The van der Waals surface area contributed by atoms with Crippen LogP contribution in [-0.4, -0.2) is 33.8 Å². The summed E-state index contributed by atoms with van der Waals surface area (Å²) in [6, 6.07) is 12.9. The smallest absolute Gasteiger partial charge is 0.330 e. The molecule has 3 aliphatic rings. The third-order valence-corrected chi connectivity index (χ3v) is 6.75. The van der Waals surface area contributed by atoms with E-state index in [2.05, 4.69) is 56.0 Å². The van der Waals surface area contributed by atoms with Crippen LogP contribution < -0.4 is 15.3 Å². The largest absolute Gasteiger partial charge is 0.497 e. The number of ether oxygens (including phenoxy) is 1. The van der Waals surface area contributed by atoms with Crippen molar-refractivity contribution in [3.05, 3.63) is 58.7 Å². The molecule has 0 amide bonds. The first-order valence-electron chi connectivity index (χ1n) is 11.4. The van der Waals surface area contributed by atoms with Gasteiger partial charge in [-0.3, -0.25) is 9.13 Å². The molecule has 2 unspecified atom stereocenters. The molecule has 2 aliphatic heterocycles. The molecule has 2 atom stereocenters. The second-order valence-corrected chi connectivity index (χ2v) is 10.3. The Morgan fingerprint density at radius 2 is 1.84 bits per heavy atom. The average Bonchev–Trinajstić information content (AvgIpc) is 3.02. The number of pyridine rings is 1. The highest BCUT2D eigenvalue weighted by molar-refractivity contribution is 5.78. The van der Waals surface area contributed by atoms with Crippen LogP contribution in [0.5, 0.6) is 5.75 Å². The number of aromatic nitrogens is 3. The molecule has 1 fully saturated rings. The number of benzene rings is 1. The summed E-state index contributed by atoms with van der Waals surface area (Å²) in [5, 5.41) is 0. The maximum absolute atomic E-state index is 12.9. The maximum atomic E-state index is 12.9. The molecule has 1 aliphatic carbocycles. The SMILES string of the molecule is COc1ccc(N2CC3CCC2C=C3c2ccc3c(n2)n(C)c(=O)n3CC(C)(C)C)cc1. The van der Waals surface area contributed by atoms with E-state index in [1.807, 2.05) is 23.7 Å². The van der Waals surface area contributed by atoms with Crippen LogP contribution in [0.15, 0.2) is 47.3 Å². The Morgan fingerprint density at radius 3 is 2.47 bits per heavy atom. The third kappa shape index (κ3) is 3.51.